The zero-order chi connectivity index (χ0) is 13.1. The predicted molar refractivity (Wildman–Crippen MR) is 70.5 cm³/mol. The number of nitrogens with zero attached hydrogens (tertiary/aromatic N) is 1. The molecule has 0 N–H and O–H groups in total. The molecule has 0 aliphatic heterocycles. The van der Waals surface area contributed by atoms with Crippen LogP contribution in [0, 0.1) is 17.7 Å². The highest BCUT2D eigenvalue weighted by molar-refractivity contribution is 5.39. The van der Waals surface area contributed by atoms with E-state index in [-0.39, 0.29) is 11.2 Å². The predicted octanol–water partition coefficient (Wildman–Crippen LogP) is 3.04. The Bertz CT molecular complexity index is 444. The molecule has 1 rings (SSSR count). The van der Waals surface area contributed by atoms with Crippen molar-refractivity contribution in [3.63, 3.8) is 0 Å². The van der Waals surface area contributed by atoms with Crippen molar-refractivity contribution in [2.24, 2.45) is 0 Å². The summed E-state index contributed by atoms with van der Waals surface area (Å²) in [6, 6.07) is 5.23. The van der Waals surface area contributed by atoms with Gasteiger partial charge in [-0.15, -0.1) is 0 Å². The lowest BCUT2D eigenvalue weighted by atomic mass is 9.86. The van der Waals surface area contributed by atoms with Crippen LogP contribution in [0.1, 0.15) is 31.9 Å². The molecular weight excluding hydrogens is 213 g/mol. The lowest BCUT2D eigenvalue weighted by molar-refractivity contribution is 0.464. The maximum atomic E-state index is 13.9. The van der Waals surface area contributed by atoms with Gasteiger partial charge in [0.15, 0.2) is 0 Å². The zero-order valence-electron chi connectivity index (χ0n) is 11.3. The van der Waals surface area contributed by atoms with Crippen molar-refractivity contribution < 1.29 is 4.39 Å². The molecule has 0 fully saturated rings. The number of benzene rings is 1. The highest BCUT2D eigenvalue weighted by Crippen LogP contribution is 2.25. The third-order valence-electron chi connectivity index (χ3n) is 2.41. The molecule has 1 aromatic rings. The Morgan fingerprint density at radius 2 is 1.88 bits per heavy atom. The molecule has 0 radical (unpaired) electrons. The summed E-state index contributed by atoms with van der Waals surface area (Å²) in [5, 5.41) is 0. The van der Waals surface area contributed by atoms with Crippen molar-refractivity contribution in [2.75, 3.05) is 20.6 Å². The largest absolute Gasteiger partial charge is 0.299 e. The molecule has 1 nitrogen and oxygen atoms in total. The molecule has 17 heavy (non-hydrogen) atoms. The van der Waals surface area contributed by atoms with Gasteiger partial charge < -0.3 is 0 Å². The SMILES string of the molecule is CN(C)CC#Cc1ccc(C(C)(C)C)c(F)c1. The molecule has 2 heteroatoms. The Balaban J connectivity index is 2.92. The number of hydrogen-bond acceptors (Lipinski definition) is 1. The first-order valence-electron chi connectivity index (χ1n) is 5.74. The Morgan fingerprint density at radius 1 is 1.24 bits per heavy atom. The molecule has 92 valence electrons. The maximum Gasteiger partial charge on any atom is 0.128 e. The Morgan fingerprint density at radius 3 is 2.35 bits per heavy atom. The van der Waals surface area contributed by atoms with E-state index in [4.69, 9.17) is 0 Å². The average Bonchev–Trinajstić information content (AvgIpc) is 2.14. The van der Waals surface area contributed by atoms with Gasteiger partial charge in [-0.3, -0.25) is 4.90 Å². The minimum atomic E-state index is -0.172. The average molecular weight is 233 g/mol. The van der Waals surface area contributed by atoms with E-state index in [0.29, 0.717) is 6.54 Å². The number of rotatable bonds is 1. The fourth-order valence-corrected chi connectivity index (χ4v) is 1.50. The van der Waals surface area contributed by atoms with Crippen LogP contribution in [0.5, 0.6) is 0 Å². The van der Waals surface area contributed by atoms with Gasteiger partial charge in [0, 0.05) is 5.56 Å². The summed E-state index contributed by atoms with van der Waals surface area (Å²) in [5.74, 6) is 5.79. The fraction of sp³-hybridized carbons (Fsp3) is 0.467. The monoisotopic (exact) mass is 233 g/mol. The van der Waals surface area contributed by atoms with Crippen LogP contribution in [0.3, 0.4) is 0 Å². The smallest absolute Gasteiger partial charge is 0.128 e. The molecule has 0 amide bonds. The van der Waals surface area contributed by atoms with Gasteiger partial charge in [-0.25, -0.2) is 4.39 Å². The molecule has 0 bridgehead atoms. The van der Waals surface area contributed by atoms with E-state index < -0.39 is 0 Å². The highest BCUT2D eigenvalue weighted by Gasteiger charge is 2.17. The lowest BCUT2D eigenvalue weighted by Gasteiger charge is -2.19. The summed E-state index contributed by atoms with van der Waals surface area (Å²) in [7, 11) is 3.91. The van der Waals surface area contributed by atoms with Crippen LogP contribution < -0.4 is 0 Å². The van der Waals surface area contributed by atoms with Crippen molar-refractivity contribution >= 4 is 0 Å². The van der Waals surface area contributed by atoms with Gasteiger partial charge in [0.1, 0.15) is 5.82 Å². The highest BCUT2D eigenvalue weighted by atomic mass is 19.1. The van der Waals surface area contributed by atoms with Gasteiger partial charge >= 0.3 is 0 Å². The van der Waals surface area contributed by atoms with Gasteiger partial charge in [-0.2, -0.15) is 0 Å². The van der Waals surface area contributed by atoms with Gasteiger partial charge in [0.05, 0.1) is 6.54 Å². The fourth-order valence-electron chi connectivity index (χ4n) is 1.50. The second kappa shape index (κ2) is 5.33. The van der Waals surface area contributed by atoms with Gasteiger partial charge in [-0.05, 0) is 37.2 Å². The van der Waals surface area contributed by atoms with Gasteiger partial charge in [0.25, 0.3) is 0 Å². The Labute approximate surface area is 104 Å². The molecule has 1 aromatic carbocycles. The molecule has 0 aliphatic carbocycles. The summed E-state index contributed by atoms with van der Waals surface area (Å²) >= 11 is 0. The summed E-state index contributed by atoms with van der Waals surface area (Å²) in [5.41, 5.74) is 1.30. The van der Waals surface area contributed by atoms with E-state index in [2.05, 4.69) is 11.8 Å². The molecule has 0 saturated carbocycles. The van der Waals surface area contributed by atoms with E-state index in [1.807, 2.05) is 51.9 Å². The summed E-state index contributed by atoms with van der Waals surface area (Å²) in [6.45, 7) is 6.69. The molecule has 0 saturated heterocycles. The standard InChI is InChI=1S/C15H20FN/c1-15(2,3)13-9-8-12(11-14(13)16)7-6-10-17(4)5/h8-9,11H,10H2,1-5H3. The molecule has 0 unspecified atom stereocenters. The van der Waals surface area contributed by atoms with Crippen molar-refractivity contribution in [3.05, 3.63) is 35.1 Å². The van der Waals surface area contributed by atoms with Crippen molar-refractivity contribution in [1.82, 2.24) is 4.90 Å². The van der Waals surface area contributed by atoms with Gasteiger partial charge in [0.2, 0.25) is 0 Å². The normalized spacial score (nSPS) is 11.2. The van der Waals surface area contributed by atoms with Crippen molar-refractivity contribution in [3.8, 4) is 11.8 Å². The van der Waals surface area contributed by atoms with Gasteiger partial charge in [-0.1, -0.05) is 38.7 Å². The summed E-state index contributed by atoms with van der Waals surface area (Å²) in [4.78, 5) is 1.98. The number of hydrogen-bond donors (Lipinski definition) is 0. The van der Waals surface area contributed by atoms with Crippen LogP contribution in [0.4, 0.5) is 4.39 Å². The van der Waals surface area contributed by atoms with Crippen LogP contribution in [0.25, 0.3) is 0 Å². The van der Waals surface area contributed by atoms with Crippen molar-refractivity contribution in [1.29, 1.82) is 0 Å². The van der Waals surface area contributed by atoms with E-state index in [1.165, 1.54) is 6.07 Å². The van der Waals surface area contributed by atoms with Crippen LogP contribution >= 0.6 is 0 Å². The Hall–Kier alpha value is -1.33. The van der Waals surface area contributed by atoms with Crippen LogP contribution in [0.15, 0.2) is 18.2 Å². The van der Waals surface area contributed by atoms with E-state index in [0.717, 1.165) is 11.1 Å². The zero-order valence-corrected chi connectivity index (χ0v) is 11.3. The van der Waals surface area contributed by atoms with E-state index in [1.54, 1.807) is 0 Å². The molecular formula is C15H20FN. The first-order chi connectivity index (χ1) is 7.80. The third-order valence-corrected chi connectivity index (χ3v) is 2.41. The maximum absolute atomic E-state index is 13.9. The van der Waals surface area contributed by atoms with Crippen LogP contribution in [-0.2, 0) is 5.41 Å². The Kier molecular flexibility index (Phi) is 4.31. The molecule has 0 spiro atoms. The lowest BCUT2D eigenvalue weighted by Crippen LogP contribution is -2.13. The molecule has 0 atom stereocenters. The molecule has 0 aromatic heterocycles. The topological polar surface area (TPSA) is 3.24 Å². The third kappa shape index (κ3) is 4.20. The quantitative estimate of drug-likeness (QED) is 0.674. The first-order valence-corrected chi connectivity index (χ1v) is 5.74. The van der Waals surface area contributed by atoms with E-state index in [9.17, 15) is 4.39 Å². The molecule has 0 aliphatic rings. The minimum Gasteiger partial charge on any atom is -0.299 e. The van der Waals surface area contributed by atoms with Crippen LogP contribution in [-0.4, -0.2) is 25.5 Å². The second-order valence-electron chi connectivity index (χ2n) is 5.48. The summed E-state index contributed by atoms with van der Waals surface area (Å²) in [6.07, 6.45) is 0. The van der Waals surface area contributed by atoms with E-state index >= 15 is 0 Å². The summed E-state index contributed by atoms with van der Waals surface area (Å²) < 4.78 is 13.9. The second-order valence-corrected chi connectivity index (χ2v) is 5.48. The van der Waals surface area contributed by atoms with Crippen LogP contribution in [0.2, 0.25) is 0 Å². The minimum absolute atomic E-state index is 0.167. The number of halogens is 1. The van der Waals surface area contributed by atoms with Crippen molar-refractivity contribution in [2.45, 2.75) is 26.2 Å². The first kappa shape index (κ1) is 13.7. The molecule has 0 heterocycles.